The Hall–Kier alpha value is -1.62. The van der Waals surface area contributed by atoms with E-state index in [1.54, 1.807) is 4.68 Å². The standard InChI is InChI=1S/C14H16BrN3O/c1-3-12-13(9-18(2)17-12)16-14(19)11-6-4-10(8-15)5-7-11/h4-7,9H,3,8H2,1-2H3,(H,16,19). The number of aromatic nitrogens is 2. The average Bonchev–Trinajstić information content (AvgIpc) is 2.78. The molecule has 1 aromatic carbocycles. The second-order valence-corrected chi connectivity index (χ2v) is 4.86. The molecule has 1 aromatic heterocycles. The molecule has 1 N–H and O–H groups in total. The van der Waals surface area contributed by atoms with E-state index in [0.717, 1.165) is 28.7 Å². The number of amides is 1. The van der Waals surface area contributed by atoms with Gasteiger partial charge in [0, 0.05) is 24.1 Å². The fourth-order valence-electron chi connectivity index (χ4n) is 1.84. The van der Waals surface area contributed by atoms with Gasteiger partial charge in [0.25, 0.3) is 5.91 Å². The number of hydrogen-bond acceptors (Lipinski definition) is 2. The topological polar surface area (TPSA) is 46.9 Å². The third kappa shape index (κ3) is 3.23. The zero-order chi connectivity index (χ0) is 13.8. The summed E-state index contributed by atoms with van der Waals surface area (Å²) in [4.78, 5) is 12.1. The van der Waals surface area contributed by atoms with Crippen LogP contribution in [0.3, 0.4) is 0 Å². The lowest BCUT2D eigenvalue weighted by Gasteiger charge is -2.05. The van der Waals surface area contributed by atoms with E-state index in [2.05, 4.69) is 26.3 Å². The number of nitrogens with one attached hydrogen (secondary N) is 1. The predicted molar refractivity (Wildman–Crippen MR) is 79.6 cm³/mol. The minimum atomic E-state index is -0.108. The Bertz CT molecular complexity index is 575. The van der Waals surface area contributed by atoms with Crippen LogP contribution in [0.2, 0.25) is 0 Å². The van der Waals surface area contributed by atoms with Crippen molar-refractivity contribution in [2.45, 2.75) is 18.7 Å². The molecule has 0 unspecified atom stereocenters. The highest BCUT2D eigenvalue weighted by Crippen LogP contribution is 2.15. The highest BCUT2D eigenvalue weighted by atomic mass is 79.9. The SMILES string of the molecule is CCc1nn(C)cc1NC(=O)c1ccc(CBr)cc1. The van der Waals surface area contributed by atoms with Gasteiger partial charge in [-0.2, -0.15) is 5.10 Å². The van der Waals surface area contributed by atoms with Crippen LogP contribution in [0.5, 0.6) is 0 Å². The number of alkyl halides is 1. The van der Waals surface area contributed by atoms with Gasteiger partial charge in [0.15, 0.2) is 0 Å². The van der Waals surface area contributed by atoms with Crippen LogP contribution in [0.4, 0.5) is 5.69 Å². The van der Waals surface area contributed by atoms with E-state index >= 15 is 0 Å². The lowest BCUT2D eigenvalue weighted by Crippen LogP contribution is -2.12. The molecular formula is C14H16BrN3O. The Morgan fingerprint density at radius 2 is 2.05 bits per heavy atom. The Morgan fingerprint density at radius 3 is 2.63 bits per heavy atom. The summed E-state index contributed by atoms with van der Waals surface area (Å²) in [5.41, 5.74) is 3.47. The Morgan fingerprint density at radius 1 is 1.37 bits per heavy atom. The van der Waals surface area contributed by atoms with Crippen LogP contribution >= 0.6 is 15.9 Å². The van der Waals surface area contributed by atoms with E-state index in [9.17, 15) is 4.79 Å². The molecule has 0 aliphatic rings. The highest BCUT2D eigenvalue weighted by molar-refractivity contribution is 9.08. The van der Waals surface area contributed by atoms with E-state index in [1.165, 1.54) is 0 Å². The largest absolute Gasteiger partial charge is 0.319 e. The lowest BCUT2D eigenvalue weighted by atomic mass is 10.1. The molecule has 100 valence electrons. The van der Waals surface area contributed by atoms with Crippen molar-refractivity contribution in [2.75, 3.05) is 5.32 Å². The fraction of sp³-hybridized carbons (Fsp3) is 0.286. The first-order chi connectivity index (χ1) is 9.13. The maximum absolute atomic E-state index is 12.1. The predicted octanol–water partition coefficient (Wildman–Crippen LogP) is 3.13. The molecule has 0 aliphatic heterocycles. The molecular weight excluding hydrogens is 306 g/mol. The average molecular weight is 322 g/mol. The van der Waals surface area contributed by atoms with Crippen LogP contribution in [0.15, 0.2) is 30.5 Å². The molecule has 0 saturated heterocycles. The van der Waals surface area contributed by atoms with Gasteiger partial charge < -0.3 is 5.32 Å². The molecule has 0 bridgehead atoms. The van der Waals surface area contributed by atoms with Crippen molar-refractivity contribution in [3.05, 3.63) is 47.3 Å². The van der Waals surface area contributed by atoms with Crippen molar-refractivity contribution < 1.29 is 4.79 Å². The first-order valence-electron chi connectivity index (χ1n) is 6.12. The van der Waals surface area contributed by atoms with E-state index in [-0.39, 0.29) is 5.91 Å². The van der Waals surface area contributed by atoms with Gasteiger partial charge in [0.1, 0.15) is 0 Å². The number of aryl methyl sites for hydroxylation is 2. The molecule has 2 rings (SSSR count). The van der Waals surface area contributed by atoms with Crippen LogP contribution in [0.1, 0.15) is 28.5 Å². The molecule has 0 atom stereocenters. The molecule has 1 amide bonds. The first-order valence-corrected chi connectivity index (χ1v) is 7.25. The molecule has 0 spiro atoms. The van der Waals surface area contributed by atoms with Crippen molar-refractivity contribution in [3.8, 4) is 0 Å². The van der Waals surface area contributed by atoms with E-state index in [0.29, 0.717) is 5.56 Å². The third-order valence-electron chi connectivity index (χ3n) is 2.86. The number of hydrogen-bond donors (Lipinski definition) is 1. The Kier molecular flexibility index (Phi) is 4.37. The second kappa shape index (κ2) is 6.02. The minimum Gasteiger partial charge on any atom is -0.319 e. The summed E-state index contributed by atoms with van der Waals surface area (Å²) in [5, 5.41) is 7.99. The van der Waals surface area contributed by atoms with Crippen LogP contribution in [-0.2, 0) is 18.8 Å². The molecule has 2 aromatic rings. The van der Waals surface area contributed by atoms with Crippen LogP contribution < -0.4 is 5.32 Å². The van der Waals surface area contributed by atoms with E-state index < -0.39 is 0 Å². The molecule has 1 heterocycles. The Labute approximate surface area is 120 Å². The summed E-state index contributed by atoms with van der Waals surface area (Å²) in [6, 6.07) is 7.53. The second-order valence-electron chi connectivity index (χ2n) is 4.30. The first kappa shape index (κ1) is 13.8. The monoisotopic (exact) mass is 321 g/mol. The number of benzene rings is 1. The number of anilines is 1. The molecule has 5 heteroatoms. The van der Waals surface area contributed by atoms with Gasteiger partial charge in [-0.15, -0.1) is 0 Å². The van der Waals surface area contributed by atoms with Gasteiger partial charge in [0.05, 0.1) is 11.4 Å². The normalized spacial score (nSPS) is 10.5. The van der Waals surface area contributed by atoms with Crippen LogP contribution in [-0.4, -0.2) is 15.7 Å². The molecule has 0 saturated carbocycles. The number of halogens is 1. The highest BCUT2D eigenvalue weighted by Gasteiger charge is 2.11. The molecule has 4 nitrogen and oxygen atoms in total. The van der Waals surface area contributed by atoms with Crippen molar-refractivity contribution in [1.29, 1.82) is 0 Å². The van der Waals surface area contributed by atoms with Gasteiger partial charge in [-0.1, -0.05) is 35.0 Å². The van der Waals surface area contributed by atoms with Gasteiger partial charge in [0.2, 0.25) is 0 Å². The van der Waals surface area contributed by atoms with Crippen molar-refractivity contribution >= 4 is 27.5 Å². The Balaban J connectivity index is 2.15. The summed E-state index contributed by atoms with van der Waals surface area (Å²) in [6.45, 7) is 2.02. The molecule has 0 aliphatic carbocycles. The molecule has 0 fully saturated rings. The van der Waals surface area contributed by atoms with Gasteiger partial charge in [-0.25, -0.2) is 0 Å². The fourth-order valence-corrected chi connectivity index (χ4v) is 2.21. The smallest absolute Gasteiger partial charge is 0.255 e. The summed E-state index contributed by atoms with van der Waals surface area (Å²) < 4.78 is 1.71. The summed E-state index contributed by atoms with van der Waals surface area (Å²) in [7, 11) is 1.85. The number of carbonyl (C=O) groups excluding carboxylic acids is 1. The summed E-state index contributed by atoms with van der Waals surface area (Å²) >= 11 is 3.38. The van der Waals surface area contributed by atoms with E-state index in [1.807, 2.05) is 44.4 Å². The maximum Gasteiger partial charge on any atom is 0.255 e. The van der Waals surface area contributed by atoms with Crippen molar-refractivity contribution in [1.82, 2.24) is 9.78 Å². The number of nitrogens with zero attached hydrogens (tertiary/aromatic N) is 2. The third-order valence-corrected chi connectivity index (χ3v) is 3.51. The number of carbonyl (C=O) groups is 1. The summed E-state index contributed by atoms with van der Waals surface area (Å²) in [5.74, 6) is -0.108. The van der Waals surface area contributed by atoms with Gasteiger partial charge in [-0.05, 0) is 24.1 Å². The zero-order valence-corrected chi connectivity index (χ0v) is 12.6. The van der Waals surface area contributed by atoms with E-state index in [4.69, 9.17) is 0 Å². The van der Waals surface area contributed by atoms with Crippen molar-refractivity contribution in [3.63, 3.8) is 0 Å². The molecule has 0 radical (unpaired) electrons. The quantitative estimate of drug-likeness (QED) is 0.879. The number of rotatable bonds is 4. The minimum absolute atomic E-state index is 0.108. The maximum atomic E-state index is 12.1. The van der Waals surface area contributed by atoms with Crippen molar-refractivity contribution in [2.24, 2.45) is 7.05 Å². The van der Waals surface area contributed by atoms with Gasteiger partial charge in [-0.3, -0.25) is 9.48 Å². The lowest BCUT2D eigenvalue weighted by molar-refractivity contribution is 0.102. The molecule has 19 heavy (non-hydrogen) atoms. The van der Waals surface area contributed by atoms with Gasteiger partial charge >= 0.3 is 0 Å². The summed E-state index contributed by atoms with van der Waals surface area (Å²) in [6.07, 6.45) is 2.61. The van der Waals surface area contributed by atoms with Crippen LogP contribution in [0, 0.1) is 0 Å². The van der Waals surface area contributed by atoms with Crippen LogP contribution in [0.25, 0.3) is 0 Å². The zero-order valence-electron chi connectivity index (χ0n) is 11.0.